The van der Waals surface area contributed by atoms with Gasteiger partial charge in [-0.3, -0.25) is 0 Å². The minimum absolute atomic E-state index is 0.0755. The Balaban J connectivity index is 3.13. The fourth-order valence-electron chi connectivity index (χ4n) is 1.43. The lowest BCUT2D eigenvalue weighted by Gasteiger charge is -2.24. The fourth-order valence-corrected chi connectivity index (χ4v) is 1.43. The molecule has 0 fully saturated rings. The summed E-state index contributed by atoms with van der Waals surface area (Å²) in [5.74, 6) is -0.186. The van der Waals surface area contributed by atoms with Gasteiger partial charge in [-0.25, -0.2) is 4.98 Å². The van der Waals surface area contributed by atoms with Crippen LogP contribution in [0.2, 0.25) is 0 Å². The van der Waals surface area contributed by atoms with E-state index in [9.17, 15) is 13.2 Å². The first kappa shape index (κ1) is 13.5. The van der Waals surface area contributed by atoms with Crippen LogP contribution in [0.4, 0.5) is 19.0 Å². The largest absolute Gasteiger partial charge is 0.419 e. The van der Waals surface area contributed by atoms with Crippen molar-refractivity contribution in [1.82, 2.24) is 4.98 Å². The van der Waals surface area contributed by atoms with Crippen LogP contribution in [0.25, 0.3) is 0 Å². The van der Waals surface area contributed by atoms with Crippen LogP contribution in [-0.4, -0.2) is 29.8 Å². The predicted octanol–water partition coefficient (Wildman–Crippen LogP) is 2.09. The minimum atomic E-state index is -4.46. The standard InChI is InChI=1S/C11H13F3N2O/c1-2-6-16(7-8-17)10-9(11(12,13)14)4-3-5-15-10/h2-5,17H,1,6-8H2. The maximum absolute atomic E-state index is 12.7. The number of rotatable bonds is 5. The molecule has 3 nitrogen and oxygen atoms in total. The topological polar surface area (TPSA) is 36.4 Å². The Bertz CT molecular complexity index is 379. The summed E-state index contributed by atoms with van der Waals surface area (Å²) in [5, 5.41) is 8.83. The maximum atomic E-state index is 12.7. The van der Waals surface area contributed by atoms with Crippen molar-refractivity contribution in [2.45, 2.75) is 6.18 Å². The molecule has 0 spiro atoms. The molecule has 0 saturated heterocycles. The van der Waals surface area contributed by atoms with E-state index in [4.69, 9.17) is 5.11 Å². The first-order chi connectivity index (χ1) is 8.00. The van der Waals surface area contributed by atoms with Crippen molar-refractivity contribution in [3.8, 4) is 0 Å². The van der Waals surface area contributed by atoms with E-state index in [1.807, 2.05) is 0 Å². The van der Waals surface area contributed by atoms with Crippen molar-refractivity contribution in [2.75, 3.05) is 24.6 Å². The lowest BCUT2D eigenvalue weighted by Crippen LogP contribution is -2.30. The molecule has 1 aromatic heterocycles. The first-order valence-corrected chi connectivity index (χ1v) is 4.99. The summed E-state index contributed by atoms with van der Waals surface area (Å²) in [6, 6.07) is 2.20. The molecule has 0 aliphatic carbocycles. The lowest BCUT2D eigenvalue weighted by atomic mass is 10.2. The van der Waals surface area contributed by atoms with Crippen LogP contribution < -0.4 is 4.90 Å². The van der Waals surface area contributed by atoms with Crippen LogP contribution in [0.15, 0.2) is 31.0 Å². The molecule has 0 aliphatic rings. The number of halogens is 3. The summed E-state index contributed by atoms with van der Waals surface area (Å²) in [6.07, 6.45) is -1.71. The van der Waals surface area contributed by atoms with E-state index in [0.29, 0.717) is 0 Å². The summed E-state index contributed by atoms with van der Waals surface area (Å²) in [4.78, 5) is 5.06. The summed E-state index contributed by atoms with van der Waals surface area (Å²) in [5.41, 5.74) is -0.810. The van der Waals surface area contributed by atoms with E-state index in [2.05, 4.69) is 11.6 Å². The molecule has 0 atom stereocenters. The molecule has 1 aromatic rings. The zero-order valence-electron chi connectivity index (χ0n) is 9.11. The highest BCUT2D eigenvalue weighted by atomic mass is 19.4. The molecule has 6 heteroatoms. The Kier molecular flexibility index (Phi) is 4.51. The van der Waals surface area contributed by atoms with Crippen molar-refractivity contribution in [1.29, 1.82) is 0 Å². The van der Waals surface area contributed by atoms with Crippen molar-refractivity contribution in [2.24, 2.45) is 0 Å². The summed E-state index contributed by atoms with van der Waals surface area (Å²) in [6.45, 7) is 3.49. The Morgan fingerprint density at radius 3 is 2.71 bits per heavy atom. The van der Waals surface area contributed by atoms with E-state index in [1.54, 1.807) is 0 Å². The van der Waals surface area contributed by atoms with Gasteiger partial charge in [-0.15, -0.1) is 6.58 Å². The molecule has 1 rings (SSSR count). The van der Waals surface area contributed by atoms with Gasteiger partial charge in [0.1, 0.15) is 5.82 Å². The Labute approximate surface area is 97.2 Å². The number of aliphatic hydroxyl groups excluding tert-OH is 1. The highest BCUT2D eigenvalue weighted by molar-refractivity contribution is 5.48. The number of aliphatic hydroxyl groups is 1. The molecule has 17 heavy (non-hydrogen) atoms. The molecule has 0 aromatic carbocycles. The molecule has 1 N–H and O–H groups in total. The van der Waals surface area contributed by atoms with Gasteiger partial charge in [0, 0.05) is 19.3 Å². The van der Waals surface area contributed by atoms with Gasteiger partial charge in [0.25, 0.3) is 0 Å². The van der Waals surface area contributed by atoms with E-state index in [1.165, 1.54) is 23.2 Å². The van der Waals surface area contributed by atoms with E-state index in [0.717, 1.165) is 6.07 Å². The number of hydrogen-bond donors (Lipinski definition) is 1. The second kappa shape index (κ2) is 5.67. The molecule has 0 radical (unpaired) electrons. The SMILES string of the molecule is C=CCN(CCO)c1ncccc1C(F)(F)F. The van der Waals surface area contributed by atoms with Crippen molar-refractivity contribution in [3.05, 3.63) is 36.5 Å². The van der Waals surface area contributed by atoms with E-state index >= 15 is 0 Å². The summed E-state index contributed by atoms with van der Waals surface area (Å²) in [7, 11) is 0. The number of nitrogens with zero attached hydrogens (tertiary/aromatic N) is 2. The quantitative estimate of drug-likeness (QED) is 0.808. The van der Waals surface area contributed by atoms with Crippen LogP contribution in [0, 0.1) is 0 Å². The van der Waals surface area contributed by atoms with Crippen molar-refractivity contribution < 1.29 is 18.3 Å². The average Bonchev–Trinajstić information content (AvgIpc) is 2.28. The summed E-state index contributed by atoms with van der Waals surface area (Å²) < 4.78 is 38.2. The first-order valence-electron chi connectivity index (χ1n) is 4.99. The Morgan fingerprint density at radius 2 is 2.18 bits per heavy atom. The molecular formula is C11H13F3N2O. The Hall–Kier alpha value is -1.56. The van der Waals surface area contributed by atoms with Gasteiger partial charge < -0.3 is 10.0 Å². The van der Waals surface area contributed by atoms with Crippen LogP contribution >= 0.6 is 0 Å². The molecule has 0 unspecified atom stereocenters. The molecule has 0 saturated carbocycles. The molecular weight excluding hydrogens is 233 g/mol. The van der Waals surface area contributed by atoms with Crippen LogP contribution in [-0.2, 0) is 6.18 Å². The summed E-state index contributed by atoms with van der Waals surface area (Å²) >= 11 is 0. The van der Waals surface area contributed by atoms with Gasteiger partial charge in [-0.1, -0.05) is 6.08 Å². The highest BCUT2D eigenvalue weighted by Gasteiger charge is 2.35. The highest BCUT2D eigenvalue weighted by Crippen LogP contribution is 2.34. The van der Waals surface area contributed by atoms with Gasteiger partial charge >= 0.3 is 6.18 Å². The van der Waals surface area contributed by atoms with Crippen LogP contribution in [0.3, 0.4) is 0 Å². The van der Waals surface area contributed by atoms with Crippen molar-refractivity contribution in [3.63, 3.8) is 0 Å². The number of aromatic nitrogens is 1. The maximum Gasteiger partial charge on any atom is 0.419 e. The predicted molar refractivity (Wildman–Crippen MR) is 58.7 cm³/mol. The monoisotopic (exact) mass is 246 g/mol. The van der Waals surface area contributed by atoms with E-state index in [-0.39, 0.29) is 25.5 Å². The molecule has 1 heterocycles. The fraction of sp³-hybridized carbons (Fsp3) is 0.364. The number of anilines is 1. The molecule has 94 valence electrons. The van der Waals surface area contributed by atoms with Gasteiger partial charge in [0.05, 0.1) is 12.2 Å². The molecule has 0 aliphatic heterocycles. The van der Waals surface area contributed by atoms with Gasteiger partial charge in [-0.2, -0.15) is 13.2 Å². The third kappa shape index (κ3) is 3.45. The van der Waals surface area contributed by atoms with E-state index < -0.39 is 11.7 Å². The second-order valence-corrected chi connectivity index (χ2v) is 3.33. The Morgan fingerprint density at radius 1 is 1.47 bits per heavy atom. The van der Waals surface area contributed by atoms with Crippen LogP contribution in [0.1, 0.15) is 5.56 Å². The van der Waals surface area contributed by atoms with Gasteiger partial charge in [0.15, 0.2) is 0 Å². The molecule has 0 bridgehead atoms. The average molecular weight is 246 g/mol. The molecule has 0 amide bonds. The van der Waals surface area contributed by atoms with Crippen molar-refractivity contribution >= 4 is 5.82 Å². The second-order valence-electron chi connectivity index (χ2n) is 3.33. The smallest absolute Gasteiger partial charge is 0.395 e. The zero-order chi connectivity index (χ0) is 12.9. The minimum Gasteiger partial charge on any atom is -0.395 e. The number of pyridine rings is 1. The zero-order valence-corrected chi connectivity index (χ0v) is 9.11. The van der Waals surface area contributed by atoms with Gasteiger partial charge in [-0.05, 0) is 12.1 Å². The lowest BCUT2D eigenvalue weighted by molar-refractivity contribution is -0.137. The van der Waals surface area contributed by atoms with Crippen LogP contribution in [0.5, 0.6) is 0 Å². The third-order valence-corrected chi connectivity index (χ3v) is 2.11. The normalized spacial score (nSPS) is 11.3. The number of hydrogen-bond acceptors (Lipinski definition) is 3. The number of alkyl halides is 3. The van der Waals surface area contributed by atoms with Gasteiger partial charge in [0.2, 0.25) is 0 Å². The third-order valence-electron chi connectivity index (χ3n) is 2.11.